The molecule has 0 bridgehead atoms. The molecule has 2 amide bonds. The van der Waals surface area contributed by atoms with E-state index in [4.69, 9.17) is 55.9 Å². The summed E-state index contributed by atoms with van der Waals surface area (Å²) in [5.41, 5.74) is -2.62. The minimum Gasteiger partial charge on any atom is -0.496 e. The molecule has 20 heteroatoms. The maximum Gasteiger partial charge on any atom is 0.339 e. The molecule has 0 saturated carbocycles. The second-order valence-corrected chi connectivity index (χ2v) is 25.7. The normalized spacial score (nSPS) is 20.1. The van der Waals surface area contributed by atoms with Gasteiger partial charge in [0.1, 0.15) is 56.7 Å². The lowest BCUT2D eigenvalue weighted by Gasteiger charge is -2.38. The van der Waals surface area contributed by atoms with Crippen molar-refractivity contribution in [1.82, 2.24) is 9.80 Å². The van der Waals surface area contributed by atoms with Crippen molar-refractivity contribution in [2.45, 2.75) is 103 Å². The molecule has 2 N–H and O–H groups in total. The van der Waals surface area contributed by atoms with Crippen LogP contribution in [0.2, 0.25) is 20.1 Å². The summed E-state index contributed by atoms with van der Waals surface area (Å²) in [5, 5.41) is 40.6. The molecule has 2 heterocycles. The number of methoxy groups -OCH3 is 2. The van der Waals surface area contributed by atoms with Crippen molar-refractivity contribution >= 4 is 70.2 Å². The van der Waals surface area contributed by atoms with Crippen molar-refractivity contribution in [3.05, 3.63) is 197 Å². The molecule has 8 rings (SSSR count). The molecule has 2 saturated heterocycles. The van der Waals surface area contributed by atoms with Crippen LogP contribution in [0.25, 0.3) is 0 Å². The van der Waals surface area contributed by atoms with Crippen LogP contribution in [0, 0.1) is 68.6 Å². The van der Waals surface area contributed by atoms with Crippen molar-refractivity contribution < 1.29 is 56.4 Å². The van der Waals surface area contributed by atoms with Crippen molar-refractivity contribution in [2.24, 2.45) is 22.7 Å². The topological polar surface area (TPSA) is 181 Å². The second kappa shape index (κ2) is 26.7. The molecule has 6 atom stereocenters. The minimum atomic E-state index is -1.67. The number of ether oxygens (including phenoxy) is 2. The molecular formula is C66H64Cl4F4N4O8. The number of nitriles is 2. The molecule has 2 aliphatic rings. The summed E-state index contributed by atoms with van der Waals surface area (Å²) < 4.78 is 73.5. The van der Waals surface area contributed by atoms with E-state index in [1.807, 2.05) is 41.5 Å². The van der Waals surface area contributed by atoms with Crippen LogP contribution >= 0.6 is 46.4 Å². The van der Waals surface area contributed by atoms with E-state index >= 15 is 17.6 Å². The first-order chi connectivity index (χ1) is 40.5. The molecular weight excluding hydrogens is 1190 g/mol. The molecule has 86 heavy (non-hydrogen) atoms. The Bertz CT molecular complexity index is 3440. The van der Waals surface area contributed by atoms with Crippen LogP contribution < -0.4 is 9.47 Å². The SMILES string of the molecule is COc1cc(CCC(=O)N2C[C@@H](CC(C)(C)C)[C@](C#N)(c3ccc(Cl)cc3F)[C@H]2c2cccc(Cl)c2F)ccc1C(=O)O.COc1cc(CCC(=O)N2C[C@H](CC(C)(C)C)[C@@](C#N)(c3ccc(Cl)cc3F)[C@@H]2c2cccc(Cl)c2F)ccc1C(=O)O. The monoisotopic (exact) mass is 1260 g/mol. The molecule has 6 aromatic carbocycles. The van der Waals surface area contributed by atoms with Crippen LogP contribution in [0.3, 0.4) is 0 Å². The number of aryl methyl sites for hydroxylation is 2. The Labute approximate surface area is 517 Å². The number of carbonyl (C=O) groups is 4. The van der Waals surface area contributed by atoms with Crippen LogP contribution in [0.15, 0.2) is 109 Å². The highest BCUT2D eigenvalue weighted by Crippen LogP contribution is 2.58. The molecule has 6 aromatic rings. The van der Waals surface area contributed by atoms with Crippen molar-refractivity contribution in [3.63, 3.8) is 0 Å². The molecule has 0 aliphatic carbocycles. The Hall–Kier alpha value is -7.34. The van der Waals surface area contributed by atoms with Crippen molar-refractivity contribution in [1.29, 1.82) is 10.5 Å². The van der Waals surface area contributed by atoms with E-state index in [2.05, 4.69) is 12.1 Å². The Morgan fingerprint density at radius 3 is 1.23 bits per heavy atom. The number of benzene rings is 6. The third kappa shape index (κ3) is 13.7. The fourth-order valence-electron chi connectivity index (χ4n) is 12.4. The van der Waals surface area contributed by atoms with Gasteiger partial charge in [0.15, 0.2) is 0 Å². The smallest absolute Gasteiger partial charge is 0.339 e. The lowest BCUT2D eigenvalue weighted by molar-refractivity contribution is -0.133. The summed E-state index contributed by atoms with van der Waals surface area (Å²) in [4.78, 5) is 54.0. The van der Waals surface area contributed by atoms with Crippen molar-refractivity contribution in [3.8, 4) is 23.6 Å². The first-order valence-corrected chi connectivity index (χ1v) is 29.0. The van der Waals surface area contributed by atoms with Gasteiger partial charge in [-0.15, -0.1) is 0 Å². The van der Waals surface area contributed by atoms with Gasteiger partial charge in [-0.1, -0.05) is 136 Å². The summed E-state index contributed by atoms with van der Waals surface area (Å²) in [6.45, 7) is 12.1. The fourth-order valence-corrected chi connectivity index (χ4v) is 13.0. The van der Waals surface area contributed by atoms with Crippen LogP contribution in [0.4, 0.5) is 17.6 Å². The number of carbonyl (C=O) groups excluding carboxylic acids is 2. The summed E-state index contributed by atoms with van der Waals surface area (Å²) in [7, 11) is 2.72. The van der Waals surface area contributed by atoms with Gasteiger partial charge in [-0.25, -0.2) is 27.2 Å². The van der Waals surface area contributed by atoms with E-state index in [0.717, 1.165) is 12.1 Å². The van der Waals surface area contributed by atoms with Gasteiger partial charge in [0.2, 0.25) is 11.8 Å². The highest BCUT2D eigenvalue weighted by atomic mass is 35.5. The zero-order valence-corrected chi connectivity index (χ0v) is 51.5. The maximum absolute atomic E-state index is 15.8. The predicted octanol–water partition coefficient (Wildman–Crippen LogP) is 16.0. The lowest BCUT2D eigenvalue weighted by atomic mass is 9.63. The lowest BCUT2D eigenvalue weighted by Crippen LogP contribution is -2.41. The summed E-state index contributed by atoms with van der Waals surface area (Å²) in [5.74, 6) is -6.89. The average molecular weight is 1260 g/mol. The molecule has 12 nitrogen and oxygen atoms in total. The number of likely N-dealkylation sites (tertiary alicyclic amines) is 2. The Morgan fingerprint density at radius 1 is 0.570 bits per heavy atom. The molecule has 0 unspecified atom stereocenters. The number of aromatic carboxylic acids is 2. The largest absolute Gasteiger partial charge is 0.496 e. The zero-order chi connectivity index (χ0) is 63.4. The number of hydrogen-bond acceptors (Lipinski definition) is 8. The van der Waals surface area contributed by atoms with E-state index in [0.29, 0.717) is 24.0 Å². The quantitative estimate of drug-likeness (QED) is 0.0885. The molecule has 452 valence electrons. The molecule has 2 aliphatic heterocycles. The molecule has 2 fully saturated rings. The van der Waals surface area contributed by atoms with Gasteiger partial charge in [-0.3, -0.25) is 9.59 Å². The van der Waals surface area contributed by atoms with Crippen LogP contribution in [-0.2, 0) is 33.3 Å². The van der Waals surface area contributed by atoms with Gasteiger partial charge < -0.3 is 29.5 Å². The van der Waals surface area contributed by atoms with E-state index in [1.54, 1.807) is 24.3 Å². The predicted molar refractivity (Wildman–Crippen MR) is 321 cm³/mol. The minimum absolute atomic E-state index is 0.0116. The van der Waals surface area contributed by atoms with Crippen LogP contribution in [-0.4, -0.2) is 71.1 Å². The Kier molecular flexibility index (Phi) is 20.6. The van der Waals surface area contributed by atoms with Crippen LogP contribution in [0.1, 0.15) is 133 Å². The number of hydrogen-bond donors (Lipinski definition) is 2. The fraction of sp³-hybridized carbons (Fsp3) is 0.364. The number of rotatable bonds is 16. The van der Waals surface area contributed by atoms with Gasteiger partial charge in [0.25, 0.3) is 0 Å². The number of carboxylic acid groups (broad SMARTS) is 2. The van der Waals surface area contributed by atoms with Crippen LogP contribution in [0.5, 0.6) is 11.5 Å². The molecule has 0 spiro atoms. The standard InChI is InChI=1S/2C33H32Cl2F2N2O4/c2*1-32(2,3)16-20-17-39(28(40)13-9-19-8-11-22(31(41)42)27(14-19)43-4)30(23-6-5-7-25(35)29(23)37)33(20,18-38)24-12-10-21(34)15-26(24)36/h2*5-8,10-12,14-15,20,30H,9,13,16-17H2,1-4H3,(H,41,42)/t2*20-,30-,33-/m10/s1. The highest BCUT2D eigenvalue weighted by molar-refractivity contribution is 6.31. The van der Waals surface area contributed by atoms with E-state index in [-0.39, 0.29) is 126 Å². The second-order valence-electron chi connectivity index (χ2n) is 24.0. The molecule has 0 radical (unpaired) electrons. The number of nitrogens with zero attached hydrogens (tertiary/aromatic N) is 4. The zero-order valence-electron chi connectivity index (χ0n) is 48.5. The van der Waals surface area contributed by atoms with Gasteiger partial charge >= 0.3 is 11.9 Å². The van der Waals surface area contributed by atoms with E-state index in [1.165, 1.54) is 96.8 Å². The summed E-state index contributed by atoms with van der Waals surface area (Å²) in [6.07, 6.45) is 1.21. The summed E-state index contributed by atoms with van der Waals surface area (Å²) in [6, 6.07) is 28.3. The van der Waals surface area contributed by atoms with Gasteiger partial charge in [0, 0.05) is 70.1 Å². The first-order valence-electron chi connectivity index (χ1n) is 27.5. The third-order valence-corrected chi connectivity index (χ3v) is 16.9. The highest BCUT2D eigenvalue weighted by Gasteiger charge is 2.61. The summed E-state index contributed by atoms with van der Waals surface area (Å²) >= 11 is 24.5. The van der Waals surface area contributed by atoms with Gasteiger partial charge in [-0.2, -0.15) is 10.5 Å². The Morgan fingerprint density at radius 2 is 0.930 bits per heavy atom. The third-order valence-electron chi connectivity index (χ3n) is 15.9. The number of amides is 2. The van der Waals surface area contributed by atoms with E-state index < -0.39 is 70.0 Å². The van der Waals surface area contributed by atoms with Crippen molar-refractivity contribution in [2.75, 3.05) is 27.3 Å². The van der Waals surface area contributed by atoms with Gasteiger partial charge in [-0.05, 0) is 108 Å². The maximum atomic E-state index is 15.8. The number of halogens is 8. The van der Waals surface area contributed by atoms with E-state index in [9.17, 15) is 39.9 Å². The first kappa shape index (κ1) is 66.2. The average Bonchev–Trinajstić information content (AvgIpc) is 1.54. The Balaban J connectivity index is 0.000000246. The van der Waals surface area contributed by atoms with Gasteiger partial charge in [0.05, 0.1) is 48.5 Å². The molecule has 0 aromatic heterocycles. The number of carboxylic acids is 2.